The molecular weight excluding hydrogens is 400 g/mol. The van der Waals surface area contributed by atoms with E-state index in [1.807, 2.05) is 0 Å². The summed E-state index contributed by atoms with van der Waals surface area (Å²) in [4.78, 5) is 0. The fourth-order valence-corrected chi connectivity index (χ4v) is 5.08. The van der Waals surface area contributed by atoms with Crippen LogP contribution in [-0.2, 0) is 0 Å². The Morgan fingerprint density at radius 1 is 0.903 bits per heavy atom. The molecule has 0 amide bonds. The molecule has 174 valence electrons. The third kappa shape index (κ3) is 7.00. The minimum absolute atomic E-state index is 0.619. The van der Waals surface area contributed by atoms with E-state index in [1.54, 1.807) is 11.3 Å². The number of benzene rings is 1. The van der Waals surface area contributed by atoms with Crippen LogP contribution in [0.1, 0.15) is 97.1 Å². The van der Waals surface area contributed by atoms with Crippen LogP contribution >= 0.6 is 11.3 Å². The Kier molecular flexibility index (Phi) is 11.5. The normalized spacial score (nSPS) is 13.7. The fourth-order valence-electron chi connectivity index (χ4n) is 4.18. The first-order valence-corrected chi connectivity index (χ1v) is 13.4. The molecule has 1 aromatic heterocycles. The smallest absolute Gasteiger partial charge is 0.144 e. The van der Waals surface area contributed by atoms with E-state index >= 15 is 0 Å². The molecule has 3 heteroatoms. The highest BCUT2D eigenvalue weighted by Gasteiger charge is 2.21. The van der Waals surface area contributed by atoms with Crippen LogP contribution in [0.3, 0.4) is 0 Å². The molecule has 0 radical (unpaired) electrons. The maximum Gasteiger partial charge on any atom is 0.144 e. The van der Waals surface area contributed by atoms with Crippen LogP contribution in [0.2, 0.25) is 0 Å². The lowest BCUT2D eigenvalue weighted by Gasteiger charge is -2.22. The Hall–Kier alpha value is -1.48. The van der Waals surface area contributed by atoms with Crippen molar-refractivity contribution in [1.82, 2.24) is 0 Å². The van der Waals surface area contributed by atoms with E-state index < -0.39 is 0 Å². The van der Waals surface area contributed by atoms with Crippen LogP contribution < -0.4 is 9.47 Å². The lowest BCUT2D eigenvalue weighted by atomic mass is 9.99. The number of unbranched alkanes of at least 4 members (excludes halogenated alkanes) is 2. The lowest BCUT2D eigenvalue weighted by molar-refractivity contribution is 0.230. The van der Waals surface area contributed by atoms with Gasteiger partial charge in [0.2, 0.25) is 0 Å². The van der Waals surface area contributed by atoms with Crippen molar-refractivity contribution >= 4 is 27.5 Å². The minimum Gasteiger partial charge on any atom is -0.492 e. The summed E-state index contributed by atoms with van der Waals surface area (Å²) in [6.45, 7) is 15.0. The van der Waals surface area contributed by atoms with Crippen molar-refractivity contribution in [2.24, 2.45) is 11.8 Å². The van der Waals surface area contributed by atoms with E-state index in [0.717, 1.165) is 24.7 Å². The van der Waals surface area contributed by atoms with Crippen LogP contribution in [0.4, 0.5) is 0 Å². The fraction of sp³-hybridized carbons (Fsp3) is 0.643. The van der Waals surface area contributed by atoms with Gasteiger partial charge < -0.3 is 9.47 Å². The molecule has 2 aromatic rings. The first-order valence-electron chi connectivity index (χ1n) is 12.5. The van der Waals surface area contributed by atoms with Crippen molar-refractivity contribution < 1.29 is 9.47 Å². The quantitative estimate of drug-likeness (QED) is 0.272. The Labute approximate surface area is 195 Å². The molecule has 0 aliphatic rings. The zero-order valence-corrected chi connectivity index (χ0v) is 21.6. The van der Waals surface area contributed by atoms with Crippen LogP contribution in [0, 0.1) is 18.8 Å². The average Bonchev–Trinajstić information content (AvgIpc) is 3.26. The summed E-state index contributed by atoms with van der Waals surface area (Å²) >= 11 is 1.77. The summed E-state index contributed by atoms with van der Waals surface area (Å²) in [5.41, 5.74) is 2.38. The molecule has 0 bridgehead atoms. The van der Waals surface area contributed by atoms with Gasteiger partial charge in [0, 0.05) is 16.5 Å². The maximum atomic E-state index is 6.55. The second-order valence-corrected chi connectivity index (χ2v) is 9.73. The predicted molar refractivity (Wildman–Crippen MR) is 139 cm³/mol. The maximum absolute atomic E-state index is 6.55. The van der Waals surface area contributed by atoms with Crippen LogP contribution in [-0.4, -0.2) is 13.2 Å². The monoisotopic (exact) mass is 444 g/mol. The lowest BCUT2D eigenvalue weighted by Crippen LogP contribution is -2.14. The number of thiophene rings is 1. The number of ether oxygens (including phenoxy) is 2. The van der Waals surface area contributed by atoms with E-state index in [1.165, 1.54) is 72.6 Å². The van der Waals surface area contributed by atoms with Gasteiger partial charge in [0.15, 0.2) is 0 Å². The van der Waals surface area contributed by atoms with Gasteiger partial charge in [0.05, 0.1) is 17.9 Å². The molecule has 0 aliphatic carbocycles. The Balaban J connectivity index is 2.34. The standard InChI is InChI=1S/C28H44O2S/c1-7-12-15-22(10-4)19-29-26-21(6)24(14-9-3)27(28-25(26)17-18-31-28)30-20-23(11-5)16-13-8-2/h9,14,17-18,22-23H,7-8,10-13,15-16,19-20H2,1-6H3/b14-9-. The summed E-state index contributed by atoms with van der Waals surface area (Å²) in [5.74, 6) is 3.33. The molecule has 2 atom stereocenters. The highest BCUT2D eigenvalue weighted by Crippen LogP contribution is 2.44. The van der Waals surface area contributed by atoms with Gasteiger partial charge in [-0.1, -0.05) is 78.4 Å². The van der Waals surface area contributed by atoms with E-state index in [0.29, 0.717) is 11.8 Å². The first kappa shape index (κ1) is 25.8. The molecule has 0 N–H and O–H groups in total. The second-order valence-electron chi connectivity index (χ2n) is 8.82. The van der Waals surface area contributed by atoms with E-state index in [2.05, 4.69) is 65.1 Å². The number of fused-ring (bicyclic) bond motifs is 1. The van der Waals surface area contributed by atoms with Crippen LogP contribution in [0.25, 0.3) is 16.2 Å². The molecule has 0 saturated heterocycles. The molecule has 2 unspecified atom stereocenters. The third-order valence-corrected chi connectivity index (χ3v) is 7.37. The highest BCUT2D eigenvalue weighted by atomic mass is 32.1. The molecule has 2 rings (SSSR count). The van der Waals surface area contributed by atoms with Crippen LogP contribution in [0.5, 0.6) is 11.5 Å². The molecule has 0 aliphatic heterocycles. The molecule has 0 spiro atoms. The topological polar surface area (TPSA) is 18.5 Å². The number of rotatable bonds is 15. The molecule has 0 fully saturated rings. The molecule has 1 aromatic carbocycles. The number of hydrogen-bond acceptors (Lipinski definition) is 3. The van der Waals surface area contributed by atoms with Crippen molar-refractivity contribution in [1.29, 1.82) is 0 Å². The molecular formula is C28H44O2S. The van der Waals surface area contributed by atoms with Gasteiger partial charge in [0.25, 0.3) is 0 Å². The third-order valence-electron chi connectivity index (χ3n) is 6.45. The molecule has 1 heterocycles. The molecule has 2 nitrogen and oxygen atoms in total. The summed E-state index contributed by atoms with van der Waals surface area (Å²) < 4.78 is 14.3. The van der Waals surface area contributed by atoms with Crippen LogP contribution in [0.15, 0.2) is 17.5 Å². The molecule has 0 saturated carbocycles. The van der Waals surface area contributed by atoms with Gasteiger partial charge in [-0.05, 0) is 50.0 Å². The summed E-state index contributed by atoms with van der Waals surface area (Å²) in [6.07, 6.45) is 14.2. The Morgan fingerprint density at radius 3 is 2.00 bits per heavy atom. The van der Waals surface area contributed by atoms with Crippen molar-refractivity contribution in [2.45, 2.75) is 92.9 Å². The minimum atomic E-state index is 0.619. The zero-order valence-electron chi connectivity index (χ0n) is 20.8. The van der Waals surface area contributed by atoms with E-state index in [4.69, 9.17) is 9.47 Å². The Morgan fingerprint density at radius 2 is 1.48 bits per heavy atom. The first-order chi connectivity index (χ1) is 15.1. The van der Waals surface area contributed by atoms with Gasteiger partial charge in [-0.3, -0.25) is 0 Å². The van der Waals surface area contributed by atoms with E-state index in [-0.39, 0.29) is 0 Å². The largest absolute Gasteiger partial charge is 0.492 e. The van der Waals surface area contributed by atoms with Gasteiger partial charge in [-0.2, -0.15) is 0 Å². The van der Waals surface area contributed by atoms with Crippen molar-refractivity contribution in [2.75, 3.05) is 13.2 Å². The second kappa shape index (κ2) is 13.8. The summed E-state index contributed by atoms with van der Waals surface area (Å²) in [6, 6.07) is 2.20. The average molecular weight is 445 g/mol. The molecule has 31 heavy (non-hydrogen) atoms. The van der Waals surface area contributed by atoms with Gasteiger partial charge in [0.1, 0.15) is 11.5 Å². The SMILES string of the molecule is C/C=C\c1c(C)c(OCC(CC)CCCC)c2ccsc2c1OCC(CC)CCCC. The van der Waals surface area contributed by atoms with Gasteiger partial charge in [-0.25, -0.2) is 0 Å². The number of hydrogen-bond donors (Lipinski definition) is 0. The summed E-state index contributed by atoms with van der Waals surface area (Å²) in [5, 5.41) is 3.38. The van der Waals surface area contributed by atoms with Gasteiger partial charge in [-0.15, -0.1) is 11.3 Å². The number of allylic oxidation sites excluding steroid dienone is 1. The highest BCUT2D eigenvalue weighted by molar-refractivity contribution is 7.17. The van der Waals surface area contributed by atoms with Crippen molar-refractivity contribution in [3.63, 3.8) is 0 Å². The zero-order chi connectivity index (χ0) is 22.6. The Bertz CT molecular complexity index is 805. The summed E-state index contributed by atoms with van der Waals surface area (Å²) in [7, 11) is 0. The van der Waals surface area contributed by atoms with Crippen molar-refractivity contribution in [3.8, 4) is 11.5 Å². The van der Waals surface area contributed by atoms with Crippen molar-refractivity contribution in [3.05, 3.63) is 28.6 Å². The van der Waals surface area contributed by atoms with E-state index in [9.17, 15) is 0 Å². The predicted octanol–water partition coefficient (Wildman–Crippen LogP) is 9.43. The van der Waals surface area contributed by atoms with Gasteiger partial charge >= 0.3 is 0 Å².